The van der Waals surface area contributed by atoms with Gasteiger partial charge in [0.2, 0.25) is 0 Å². The van der Waals surface area contributed by atoms with Crippen LogP contribution in [0.4, 0.5) is 0 Å². The van der Waals surface area contributed by atoms with Gasteiger partial charge in [0.05, 0.1) is 0 Å². The largest absolute Gasteiger partial charge is 0.456 e. The summed E-state index contributed by atoms with van der Waals surface area (Å²) in [6.07, 6.45) is 0. The van der Waals surface area contributed by atoms with E-state index in [1.807, 2.05) is 11.8 Å². The summed E-state index contributed by atoms with van der Waals surface area (Å²) >= 11 is 1.87. The average molecular weight is 603 g/mol. The molecule has 2 heteroatoms. The van der Waals surface area contributed by atoms with Crippen molar-refractivity contribution in [3.8, 4) is 44.5 Å². The molecule has 0 N–H and O–H groups in total. The number of furan rings is 1. The Morgan fingerprint density at radius 1 is 0.348 bits per heavy atom. The van der Waals surface area contributed by atoms with Crippen LogP contribution < -0.4 is 0 Å². The highest BCUT2D eigenvalue weighted by Gasteiger charge is 2.20. The molecule has 1 aromatic heterocycles. The van der Waals surface area contributed by atoms with Gasteiger partial charge >= 0.3 is 0 Å². The van der Waals surface area contributed by atoms with E-state index in [1.165, 1.54) is 81.2 Å². The smallest absolute Gasteiger partial charge is 0.136 e. The fraction of sp³-hybridized carbons (Fsp3) is 0. The van der Waals surface area contributed by atoms with E-state index in [0.717, 1.165) is 16.6 Å². The van der Waals surface area contributed by atoms with Crippen molar-refractivity contribution in [2.75, 3.05) is 0 Å². The molecule has 0 saturated carbocycles. The molecule has 46 heavy (non-hydrogen) atoms. The van der Waals surface area contributed by atoms with Crippen LogP contribution >= 0.6 is 11.8 Å². The third-order valence-corrected chi connectivity index (χ3v) is 10.6. The highest BCUT2D eigenvalue weighted by molar-refractivity contribution is 7.99. The third-order valence-electron chi connectivity index (χ3n) is 9.49. The van der Waals surface area contributed by atoms with Crippen LogP contribution in [-0.2, 0) is 0 Å². The van der Waals surface area contributed by atoms with Crippen molar-refractivity contribution in [1.29, 1.82) is 0 Å². The van der Waals surface area contributed by atoms with Crippen LogP contribution in [0.5, 0.6) is 0 Å². The first kappa shape index (κ1) is 25.7. The van der Waals surface area contributed by atoms with Crippen molar-refractivity contribution in [3.05, 3.63) is 158 Å². The van der Waals surface area contributed by atoms with E-state index in [2.05, 4.69) is 158 Å². The van der Waals surface area contributed by atoms with Gasteiger partial charge in [0.25, 0.3) is 0 Å². The Morgan fingerprint density at radius 3 is 1.78 bits per heavy atom. The minimum Gasteiger partial charge on any atom is -0.456 e. The number of rotatable bonds is 3. The minimum absolute atomic E-state index is 0.920. The Balaban J connectivity index is 1.01. The zero-order chi connectivity index (χ0) is 30.2. The van der Waals surface area contributed by atoms with E-state index in [-0.39, 0.29) is 0 Å². The summed E-state index contributed by atoms with van der Waals surface area (Å²) in [6.45, 7) is 0. The quantitative estimate of drug-likeness (QED) is 0.200. The van der Waals surface area contributed by atoms with Gasteiger partial charge in [-0.1, -0.05) is 139 Å². The number of hydrogen-bond acceptors (Lipinski definition) is 2. The highest BCUT2D eigenvalue weighted by Crippen LogP contribution is 2.49. The molecule has 8 aromatic carbocycles. The third kappa shape index (κ3) is 3.90. The maximum Gasteiger partial charge on any atom is 0.136 e. The summed E-state index contributed by atoms with van der Waals surface area (Å²) in [5.74, 6) is 0. The zero-order valence-corrected chi connectivity index (χ0v) is 25.6. The van der Waals surface area contributed by atoms with Gasteiger partial charge in [-0.25, -0.2) is 0 Å². The van der Waals surface area contributed by atoms with Gasteiger partial charge < -0.3 is 4.42 Å². The molecule has 0 atom stereocenters. The van der Waals surface area contributed by atoms with Crippen LogP contribution in [0, 0.1) is 0 Å². The molecular weight excluding hydrogens is 577 g/mol. The predicted molar refractivity (Wildman–Crippen MR) is 195 cm³/mol. The van der Waals surface area contributed by atoms with Crippen molar-refractivity contribution in [1.82, 2.24) is 0 Å². The van der Waals surface area contributed by atoms with Crippen molar-refractivity contribution in [2.24, 2.45) is 0 Å². The number of benzene rings is 8. The SMILES string of the molecule is c1ccc2c(c1)Sc1ccc(-c3ccc(-c4ccc(-c5cccc6oc7cc8ccccc8cc7c56)cc4)cc3)c3cccc-2c13. The fourth-order valence-electron chi connectivity index (χ4n) is 7.27. The molecule has 0 aliphatic carbocycles. The molecule has 1 nitrogen and oxygen atoms in total. The number of hydrogen-bond donors (Lipinski definition) is 0. The molecule has 0 amide bonds. The predicted octanol–water partition coefficient (Wildman–Crippen LogP) is 13.0. The number of fused-ring (bicyclic) bond motifs is 6. The standard InChI is InChI=1S/C44H26OS/c1-2-8-32-26-40-38(25-31(32)7-1)43-34(10-6-13-39(43)45-40)30-21-17-28(18-22-30)27-15-19-29(20-16-27)33-23-24-42-44-36(33)11-5-12-37(44)35-9-3-4-14-41(35)46-42/h1-26H. The molecule has 214 valence electrons. The monoisotopic (exact) mass is 602 g/mol. The molecule has 0 radical (unpaired) electrons. The topological polar surface area (TPSA) is 13.1 Å². The Morgan fingerprint density at radius 2 is 0.978 bits per heavy atom. The second-order valence-corrected chi connectivity index (χ2v) is 13.2. The minimum atomic E-state index is 0.920. The highest BCUT2D eigenvalue weighted by atomic mass is 32.2. The van der Waals surface area contributed by atoms with Gasteiger partial charge in [-0.3, -0.25) is 0 Å². The van der Waals surface area contributed by atoms with E-state index in [1.54, 1.807) is 0 Å². The second-order valence-electron chi connectivity index (χ2n) is 12.1. The normalized spacial score (nSPS) is 12.3. The maximum atomic E-state index is 6.33. The van der Waals surface area contributed by atoms with Crippen LogP contribution in [-0.4, -0.2) is 0 Å². The first-order chi connectivity index (χ1) is 22.8. The lowest BCUT2D eigenvalue weighted by atomic mass is 9.91. The van der Waals surface area contributed by atoms with Crippen LogP contribution in [0.25, 0.3) is 88.0 Å². The van der Waals surface area contributed by atoms with Crippen molar-refractivity contribution in [3.63, 3.8) is 0 Å². The molecule has 0 unspecified atom stereocenters. The van der Waals surface area contributed by atoms with Gasteiger partial charge in [-0.2, -0.15) is 0 Å². The van der Waals surface area contributed by atoms with Gasteiger partial charge in [-0.05, 0) is 91.0 Å². The summed E-state index contributed by atoms with van der Waals surface area (Å²) in [6, 6.07) is 57.3. The molecule has 0 fully saturated rings. The van der Waals surface area contributed by atoms with Gasteiger partial charge in [0, 0.05) is 25.9 Å². The summed E-state index contributed by atoms with van der Waals surface area (Å²) in [4.78, 5) is 2.66. The van der Waals surface area contributed by atoms with Crippen LogP contribution in [0.2, 0.25) is 0 Å². The van der Waals surface area contributed by atoms with E-state index < -0.39 is 0 Å². The molecular formula is C44H26OS. The van der Waals surface area contributed by atoms with E-state index in [9.17, 15) is 0 Å². The van der Waals surface area contributed by atoms with Crippen LogP contribution in [0.1, 0.15) is 0 Å². The first-order valence-electron chi connectivity index (χ1n) is 15.7. The summed E-state index contributed by atoms with van der Waals surface area (Å²) in [5, 5.41) is 7.41. The molecule has 0 spiro atoms. The van der Waals surface area contributed by atoms with E-state index >= 15 is 0 Å². The van der Waals surface area contributed by atoms with Gasteiger partial charge in [0.1, 0.15) is 11.2 Å². The molecule has 0 saturated heterocycles. The van der Waals surface area contributed by atoms with E-state index in [4.69, 9.17) is 4.42 Å². The van der Waals surface area contributed by atoms with Crippen LogP contribution in [0.15, 0.2) is 172 Å². The van der Waals surface area contributed by atoms with Crippen molar-refractivity contribution < 1.29 is 4.42 Å². The second kappa shape index (κ2) is 9.97. The zero-order valence-electron chi connectivity index (χ0n) is 24.8. The maximum absolute atomic E-state index is 6.33. The Labute approximate surface area is 270 Å². The van der Waals surface area contributed by atoms with Gasteiger partial charge in [0.15, 0.2) is 0 Å². The molecule has 9 aromatic rings. The Kier molecular flexibility index (Phi) is 5.58. The summed E-state index contributed by atoms with van der Waals surface area (Å²) in [7, 11) is 0. The Hall–Kier alpha value is -5.57. The van der Waals surface area contributed by atoms with Crippen molar-refractivity contribution >= 4 is 55.2 Å². The molecule has 10 rings (SSSR count). The first-order valence-corrected chi connectivity index (χ1v) is 16.5. The molecule has 1 aliphatic rings. The lowest BCUT2D eigenvalue weighted by Crippen LogP contribution is -1.94. The lowest BCUT2D eigenvalue weighted by molar-refractivity contribution is 0.669. The lowest BCUT2D eigenvalue weighted by Gasteiger charge is -2.21. The summed E-state index contributed by atoms with van der Waals surface area (Å²) < 4.78 is 6.33. The molecule has 0 bridgehead atoms. The molecule has 1 aliphatic heterocycles. The Bertz CT molecular complexity index is 2640. The molecule has 2 heterocycles. The average Bonchev–Trinajstić information content (AvgIpc) is 3.49. The summed E-state index contributed by atoms with van der Waals surface area (Å²) in [5.41, 5.74) is 11.8. The van der Waals surface area contributed by atoms with Crippen molar-refractivity contribution in [2.45, 2.75) is 9.79 Å². The van der Waals surface area contributed by atoms with Gasteiger partial charge in [-0.15, -0.1) is 0 Å². The fourth-order valence-corrected chi connectivity index (χ4v) is 8.40. The van der Waals surface area contributed by atoms with E-state index in [0.29, 0.717) is 0 Å². The van der Waals surface area contributed by atoms with Crippen LogP contribution in [0.3, 0.4) is 0 Å².